The minimum atomic E-state index is -0.455. The first-order chi connectivity index (χ1) is 11.9. The molecule has 0 bridgehead atoms. The first-order valence-corrected chi connectivity index (χ1v) is 8.39. The number of fused-ring (bicyclic) bond motifs is 1. The lowest BCUT2D eigenvalue weighted by atomic mass is 9.96. The first-order valence-electron chi connectivity index (χ1n) is 8.39. The van der Waals surface area contributed by atoms with Crippen molar-refractivity contribution >= 4 is 16.6 Å². The predicted molar refractivity (Wildman–Crippen MR) is 95.2 cm³/mol. The number of anilines is 1. The number of morpholine rings is 1. The van der Waals surface area contributed by atoms with Crippen LogP contribution in [0.2, 0.25) is 0 Å². The minimum Gasteiger partial charge on any atom is -0.367 e. The minimum absolute atomic E-state index is 0.248. The number of hydrogen-bond acceptors (Lipinski definition) is 4. The highest BCUT2D eigenvalue weighted by Crippen LogP contribution is 2.34. The largest absolute Gasteiger partial charge is 0.367 e. The number of benzene rings is 1. The maximum atomic E-state index is 13.8. The molecule has 1 fully saturated rings. The van der Waals surface area contributed by atoms with E-state index in [1.807, 2.05) is 32.4 Å². The fourth-order valence-corrected chi connectivity index (χ4v) is 3.51. The molecule has 3 heterocycles. The van der Waals surface area contributed by atoms with E-state index in [2.05, 4.69) is 21.9 Å². The fourth-order valence-electron chi connectivity index (χ4n) is 3.51. The smallest absolute Gasteiger partial charge is 0.124 e. The van der Waals surface area contributed by atoms with Gasteiger partial charge in [-0.3, -0.25) is 9.67 Å². The summed E-state index contributed by atoms with van der Waals surface area (Å²) in [6, 6.07) is 6.78. The molecule has 0 radical (unpaired) electrons. The van der Waals surface area contributed by atoms with Crippen LogP contribution in [0.15, 0.2) is 36.7 Å². The Morgan fingerprint density at radius 3 is 2.88 bits per heavy atom. The van der Waals surface area contributed by atoms with Gasteiger partial charge in [0.2, 0.25) is 0 Å². The average molecular weight is 340 g/mol. The summed E-state index contributed by atoms with van der Waals surface area (Å²) in [5, 5.41) is 5.10. The van der Waals surface area contributed by atoms with Crippen molar-refractivity contribution in [1.29, 1.82) is 0 Å². The summed E-state index contributed by atoms with van der Waals surface area (Å²) < 4.78 is 21.7. The third-order valence-corrected chi connectivity index (χ3v) is 4.81. The highest BCUT2D eigenvalue weighted by atomic mass is 19.1. The second-order valence-electron chi connectivity index (χ2n) is 6.85. The highest BCUT2D eigenvalue weighted by molar-refractivity contribution is 5.92. The van der Waals surface area contributed by atoms with Crippen molar-refractivity contribution in [2.24, 2.45) is 7.05 Å². The van der Waals surface area contributed by atoms with Crippen LogP contribution in [0.5, 0.6) is 0 Å². The van der Waals surface area contributed by atoms with Gasteiger partial charge in [-0.1, -0.05) is 0 Å². The molecule has 1 saturated heterocycles. The maximum absolute atomic E-state index is 13.8. The van der Waals surface area contributed by atoms with Crippen LogP contribution >= 0.6 is 0 Å². The molecule has 5 nitrogen and oxygen atoms in total. The molecular formula is C19H21FN4O. The number of aromatic nitrogens is 3. The van der Waals surface area contributed by atoms with E-state index in [-0.39, 0.29) is 5.82 Å². The van der Waals surface area contributed by atoms with Gasteiger partial charge in [-0.15, -0.1) is 0 Å². The summed E-state index contributed by atoms with van der Waals surface area (Å²) in [7, 11) is 1.90. The molecule has 2 aromatic heterocycles. The van der Waals surface area contributed by atoms with Crippen molar-refractivity contribution < 1.29 is 9.13 Å². The molecule has 6 heteroatoms. The Bertz CT molecular complexity index is 938. The molecular weight excluding hydrogens is 319 g/mol. The second kappa shape index (κ2) is 5.81. The van der Waals surface area contributed by atoms with E-state index >= 15 is 0 Å². The van der Waals surface area contributed by atoms with Gasteiger partial charge >= 0.3 is 0 Å². The normalized spacial score (nSPS) is 21.0. The van der Waals surface area contributed by atoms with Gasteiger partial charge in [-0.05, 0) is 38.1 Å². The summed E-state index contributed by atoms with van der Waals surface area (Å²) in [6.07, 6.45) is 3.83. The number of aryl methyl sites for hydroxylation is 2. The third kappa shape index (κ3) is 2.87. The van der Waals surface area contributed by atoms with Gasteiger partial charge in [0.15, 0.2) is 0 Å². The predicted octanol–water partition coefficient (Wildman–Crippen LogP) is 3.17. The standard InChI is InChI=1S/C19H21FN4O/c1-13-8-18(16-9-15(20)4-5-17(16)22-13)24-6-7-25-19(2,12-24)14-10-21-23(3)11-14/h4-5,8-11H,6-7,12H2,1-3H3. The Morgan fingerprint density at radius 1 is 1.28 bits per heavy atom. The number of hydrogen-bond donors (Lipinski definition) is 0. The van der Waals surface area contributed by atoms with Crippen LogP contribution in [0.1, 0.15) is 18.2 Å². The average Bonchev–Trinajstić information content (AvgIpc) is 3.02. The molecule has 1 atom stereocenters. The Labute approximate surface area is 146 Å². The lowest BCUT2D eigenvalue weighted by Gasteiger charge is -2.41. The zero-order valence-corrected chi connectivity index (χ0v) is 14.7. The van der Waals surface area contributed by atoms with E-state index in [4.69, 9.17) is 4.74 Å². The van der Waals surface area contributed by atoms with Gasteiger partial charge in [0.25, 0.3) is 0 Å². The monoisotopic (exact) mass is 340 g/mol. The van der Waals surface area contributed by atoms with Crippen LogP contribution in [-0.2, 0) is 17.4 Å². The number of rotatable bonds is 2. The Morgan fingerprint density at radius 2 is 2.12 bits per heavy atom. The second-order valence-corrected chi connectivity index (χ2v) is 6.85. The van der Waals surface area contributed by atoms with E-state index in [1.54, 1.807) is 16.8 Å². The van der Waals surface area contributed by atoms with Gasteiger partial charge in [0, 0.05) is 42.1 Å². The summed E-state index contributed by atoms with van der Waals surface area (Å²) in [6.45, 7) is 6.07. The van der Waals surface area contributed by atoms with Crippen molar-refractivity contribution in [3.63, 3.8) is 0 Å². The molecule has 1 aromatic carbocycles. The molecule has 0 N–H and O–H groups in total. The molecule has 3 aromatic rings. The van der Waals surface area contributed by atoms with E-state index in [9.17, 15) is 4.39 Å². The molecule has 130 valence electrons. The molecule has 0 amide bonds. The van der Waals surface area contributed by atoms with Crippen LogP contribution in [-0.4, -0.2) is 34.5 Å². The third-order valence-electron chi connectivity index (χ3n) is 4.81. The Kier molecular flexibility index (Phi) is 3.72. The first kappa shape index (κ1) is 16.0. The number of nitrogens with zero attached hydrogens (tertiary/aromatic N) is 4. The molecule has 1 aliphatic rings. The Balaban J connectivity index is 1.77. The van der Waals surface area contributed by atoms with Gasteiger partial charge in [-0.25, -0.2) is 4.39 Å². The zero-order valence-electron chi connectivity index (χ0n) is 14.7. The molecule has 0 aliphatic carbocycles. The lowest BCUT2D eigenvalue weighted by Crippen LogP contribution is -2.48. The van der Waals surface area contributed by atoms with Gasteiger partial charge in [0.05, 0.1) is 24.9 Å². The van der Waals surface area contributed by atoms with Crippen LogP contribution in [0.4, 0.5) is 10.1 Å². The van der Waals surface area contributed by atoms with E-state index in [0.717, 1.165) is 34.4 Å². The van der Waals surface area contributed by atoms with Crippen molar-refractivity contribution in [3.05, 3.63) is 53.7 Å². The molecule has 4 rings (SSSR count). The van der Waals surface area contributed by atoms with Gasteiger partial charge < -0.3 is 9.64 Å². The summed E-state index contributed by atoms with van der Waals surface area (Å²) in [5.41, 5.74) is 3.32. The van der Waals surface area contributed by atoms with Crippen LogP contribution in [0.25, 0.3) is 10.9 Å². The topological polar surface area (TPSA) is 43.2 Å². The molecule has 1 aliphatic heterocycles. The molecule has 0 spiro atoms. The van der Waals surface area contributed by atoms with Crippen molar-refractivity contribution in [3.8, 4) is 0 Å². The van der Waals surface area contributed by atoms with Gasteiger partial charge in [-0.2, -0.15) is 5.10 Å². The van der Waals surface area contributed by atoms with Crippen LogP contribution in [0, 0.1) is 12.7 Å². The van der Waals surface area contributed by atoms with Gasteiger partial charge in [0.1, 0.15) is 11.4 Å². The maximum Gasteiger partial charge on any atom is 0.124 e. The SMILES string of the molecule is Cc1cc(N2CCOC(C)(c3cnn(C)c3)C2)c2cc(F)ccc2n1. The number of pyridine rings is 1. The summed E-state index contributed by atoms with van der Waals surface area (Å²) in [5.74, 6) is -0.248. The van der Waals surface area contributed by atoms with E-state index in [0.29, 0.717) is 13.2 Å². The highest BCUT2D eigenvalue weighted by Gasteiger charge is 2.35. The van der Waals surface area contributed by atoms with E-state index < -0.39 is 5.60 Å². The molecule has 25 heavy (non-hydrogen) atoms. The Hall–Kier alpha value is -2.47. The lowest BCUT2D eigenvalue weighted by molar-refractivity contribution is -0.0465. The molecule has 1 unspecified atom stereocenters. The van der Waals surface area contributed by atoms with Crippen molar-refractivity contribution in [2.45, 2.75) is 19.4 Å². The van der Waals surface area contributed by atoms with Crippen molar-refractivity contribution in [1.82, 2.24) is 14.8 Å². The quantitative estimate of drug-likeness (QED) is 0.719. The molecule has 0 saturated carbocycles. The van der Waals surface area contributed by atoms with E-state index in [1.165, 1.54) is 6.07 Å². The summed E-state index contributed by atoms with van der Waals surface area (Å²) >= 11 is 0. The number of halogens is 1. The van der Waals surface area contributed by atoms with Crippen LogP contribution < -0.4 is 4.90 Å². The van der Waals surface area contributed by atoms with Crippen molar-refractivity contribution in [2.75, 3.05) is 24.6 Å². The fraction of sp³-hybridized carbons (Fsp3) is 0.368. The summed E-state index contributed by atoms with van der Waals surface area (Å²) in [4.78, 5) is 6.79. The number of ether oxygens (including phenoxy) is 1. The van der Waals surface area contributed by atoms with Crippen LogP contribution in [0.3, 0.4) is 0 Å². The zero-order chi connectivity index (χ0) is 17.6.